The number of hydrogen-bond donors (Lipinski definition) is 1. The van der Waals surface area contributed by atoms with Crippen LogP contribution in [-0.4, -0.2) is 20.8 Å². The molecule has 78 valence electrons. The van der Waals surface area contributed by atoms with Crippen molar-refractivity contribution < 1.29 is 9.47 Å². The average Bonchev–Trinajstić information content (AvgIpc) is 2.25. The van der Waals surface area contributed by atoms with E-state index in [0.717, 1.165) is 29.9 Å². The first-order chi connectivity index (χ1) is 6.83. The van der Waals surface area contributed by atoms with E-state index in [1.807, 2.05) is 18.2 Å². The van der Waals surface area contributed by atoms with Gasteiger partial charge in [0.2, 0.25) is 0 Å². The molecule has 3 nitrogen and oxygen atoms in total. The van der Waals surface area contributed by atoms with Crippen molar-refractivity contribution in [3.8, 4) is 11.5 Å². The second-order valence-corrected chi connectivity index (χ2v) is 3.04. The van der Waals surface area contributed by atoms with Crippen molar-refractivity contribution in [1.82, 2.24) is 0 Å². The molecule has 1 rings (SSSR count). The van der Waals surface area contributed by atoms with E-state index < -0.39 is 0 Å². The lowest BCUT2D eigenvalue weighted by molar-refractivity contribution is 0.351. The summed E-state index contributed by atoms with van der Waals surface area (Å²) in [6, 6.07) is 5.90. The Bertz CT molecular complexity index is 287. The lowest BCUT2D eigenvalue weighted by Gasteiger charge is -2.11. The first kappa shape index (κ1) is 10.9. The van der Waals surface area contributed by atoms with Gasteiger partial charge in [-0.3, -0.25) is 0 Å². The van der Waals surface area contributed by atoms with Crippen molar-refractivity contribution in [1.29, 1.82) is 0 Å². The summed E-state index contributed by atoms with van der Waals surface area (Å²) in [6.07, 6.45) is 1.89. The number of methoxy groups -OCH3 is 2. The second kappa shape index (κ2) is 5.50. The van der Waals surface area contributed by atoms with Gasteiger partial charge in [-0.2, -0.15) is 0 Å². The van der Waals surface area contributed by atoms with Crippen LogP contribution >= 0.6 is 0 Å². The predicted molar refractivity (Wildman–Crippen MR) is 56.9 cm³/mol. The minimum Gasteiger partial charge on any atom is -0.493 e. The summed E-state index contributed by atoms with van der Waals surface area (Å²) in [5.41, 5.74) is 6.62. The summed E-state index contributed by atoms with van der Waals surface area (Å²) >= 11 is 0. The Morgan fingerprint density at radius 1 is 1.21 bits per heavy atom. The van der Waals surface area contributed by atoms with Gasteiger partial charge in [-0.25, -0.2) is 0 Å². The Balaban J connectivity index is 2.90. The molecular formula is C11H17NO2. The van der Waals surface area contributed by atoms with Gasteiger partial charge in [0.05, 0.1) is 14.2 Å². The number of hydrogen-bond acceptors (Lipinski definition) is 3. The minimum absolute atomic E-state index is 0.695. The van der Waals surface area contributed by atoms with E-state index in [2.05, 4.69) is 0 Å². The van der Waals surface area contributed by atoms with Gasteiger partial charge in [-0.15, -0.1) is 0 Å². The normalized spacial score (nSPS) is 9.93. The summed E-state index contributed by atoms with van der Waals surface area (Å²) in [5, 5.41) is 0. The molecule has 1 aromatic rings. The first-order valence-corrected chi connectivity index (χ1v) is 4.73. The van der Waals surface area contributed by atoms with Crippen molar-refractivity contribution >= 4 is 0 Å². The number of benzene rings is 1. The van der Waals surface area contributed by atoms with Gasteiger partial charge in [0.1, 0.15) is 0 Å². The smallest absolute Gasteiger partial charge is 0.163 e. The second-order valence-electron chi connectivity index (χ2n) is 3.04. The van der Waals surface area contributed by atoms with Crippen molar-refractivity contribution in [3.63, 3.8) is 0 Å². The maximum atomic E-state index is 5.47. The van der Waals surface area contributed by atoms with Crippen LogP contribution in [-0.2, 0) is 6.42 Å². The van der Waals surface area contributed by atoms with Crippen LogP contribution in [0.5, 0.6) is 11.5 Å². The Hall–Kier alpha value is -1.22. The average molecular weight is 195 g/mol. The van der Waals surface area contributed by atoms with Crippen molar-refractivity contribution in [2.24, 2.45) is 5.73 Å². The monoisotopic (exact) mass is 195 g/mol. The molecule has 1 aromatic carbocycles. The highest BCUT2D eigenvalue weighted by Gasteiger charge is 2.07. The molecule has 2 N–H and O–H groups in total. The maximum absolute atomic E-state index is 5.47. The number of rotatable bonds is 5. The summed E-state index contributed by atoms with van der Waals surface area (Å²) in [6.45, 7) is 0.695. The highest BCUT2D eigenvalue weighted by atomic mass is 16.5. The number of ether oxygens (including phenoxy) is 2. The third-order valence-corrected chi connectivity index (χ3v) is 2.13. The fraction of sp³-hybridized carbons (Fsp3) is 0.455. The van der Waals surface area contributed by atoms with Crippen molar-refractivity contribution in [2.45, 2.75) is 12.8 Å². The molecule has 0 unspecified atom stereocenters. The highest BCUT2D eigenvalue weighted by Crippen LogP contribution is 2.31. The fourth-order valence-corrected chi connectivity index (χ4v) is 1.44. The molecule has 0 saturated carbocycles. The number of para-hydroxylation sites is 1. The zero-order chi connectivity index (χ0) is 10.4. The van der Waals surface area contributed by atoms with Gasteiger partial charge in [0.25, 0.3) is 0 Å². The molecule has 0 heterocycles. The van der Waals surface area contributed by atoms with Crippen LogP contribution in [0.2, 0.25) is 0 Å². The zero-order valence-corrected chi connectivity index (χ0v) is 8.75. The van der Waals surface area contributed by atoms with E-state index in [0.29, 0.717) is 6.54 Å². The lowest BCUT2D eigenvalue weighted by atomic mass is 10.1. The minimum atomic E-state index is 0.695. The Morgan fingerprint density at radius 3 is 2.57 bits per heavy atom. The standard InChI is InChI=1S/C11H17NO2/c1-13-10-7-3-5-9(6-4-8-12)11(10)14-2/h3,5,7H,4,6,8,12H2,1-2H3. The largest absolute Gasteiger partial charge is 0.493 e. The Kier molecular flexibility index (Phi) is 4.26. The molecule has 0 radical (unpaired) electrons. The molecule has 0 aliphatic rings. The highest BCUT2D eigenvalue weighted by molar-refractivity contribution is 5.46. The molecular weight excluding hydrogens is 178 g/mol. The van der Waals surface area contributed by atoms with Gasteiger partial charge in [-0.1, -0.05) is 12.1 Å². The quantitative estimate of drug-likeness (QED) is 0.776. The predicted octanol–water partition coefficient (Wildman–Crippen LogP) is 1.60. The first-order valence-electron chi connectivity index (χ1n) is 4.73. The van der Waals surface area contributed by atoms with Crippen LogP contribution in [0, 0.1) is 0 Å². The van der Waals surface area contributed by atoms with E-state index in [1.165, 1.54) is 0 Å². The van der Waals surface area contributed by atoms with Gasteiger partial charge in [-0.05, 0) is 31.0 Å². The number of aryl methyl sites for hydroxylation is 1. The molecule has 0 bridgehead atoms. The van der Waals surface area contributed by atoms with E-state index in [-0.39, 0.29) is 0 Å². The maximum Gasteiger partial charge on any atom is 0.163 e. The fourth-order valence-electron chi connectivity index (χ4n) is 1.44. The van der Waals surface area contributed by atoms with E-state index in [4.69, 9.17) is 15.2 Å². The summed E-state index contributed by atoms with van der Waals surface area (Å²) < 4.78 is 10.5. The van der Waals surface area contributed by atoms with Gasteiger partial charge < -0.3 is 15.2 Å². The van der Waals surface area contributed by atoms with Gasteiger partial charge >= 0.3 is 0 Å². The topological polar surface area (TPSA) is 44.5 Å². The summed E-state index contributed by atoms with van der Waals surface area (Å²) in [5.74, 6) is 1.60. The molecule has 0 aliphatic heterocycles. The van der Waals surface area contributed by atoms with Crippen LogP contribution in [0.4, 0.5) is 0 Å². The Morgan fingerprint density at radius 2 is 2.00 bits per heavy atom. The molecule has 0 atom stereocenters. The zero-order valence-electron chi connectivity index (χ0n) is 8.75. The Labute approximate surface area is 84.8 Å². The van der Waals surface area contributed by atoms with Crippen LogP contribution < -0.4 is 15.2 Å². The third-order valence-electron chi connectivity index (χ3n) is 2.13. The van der Waals surface area contributed by atoms with E-state index in [1.54, 1.807) is 14.2 Å². The van der Waals surface area contributed by atoms with Gasteiger partial charge in [0, 0.05) is 0 Å². The molecule has 3 heteroatoms. The molecule has 14 heavy (non-hydrogen) atoms. The molecule has 0 aliphatic carbocycles. The molecule has 0 spiro atoms. The van der Waals surface area contributed by atoms with Crippen LogP contribution in [0.25, 0.3) is 0 Å². The summed E-state index contributed by atoms with van der Waals surface area (Å²) in [4.78, 5) is 0. The molecule has 0 saturated heterocycles. The van der Waals surface area contributed by atoms with Crippen molar-refractivity contribution in [2.75, 3.05) is 20.8 Å². The van der Waals surface area contributed by atoms with Crippen LogP contribution in [0.15, 0.2) is 18.2 Å². The van der Waals surface area contributed by atoms with Gasteiger partial charge in [0.15, 0.2) is 11.5 Å². The molecule has 0 fully saturated rings. The number of nitrogens with two attached hydrogens (primary N) is 1. The SMILES string of the molecule is COc1cccc(CCCN)c1OC. The molecule has 0 amide bonds. The van der Waals surface area contributed by atoms with E-state index >= 15 is 0 Å². The molecule has 0 aromatic heterocycles. The third kappa shape index (κ3) is 2.39. The van der Waals surface area contributed by atoms with Crippen LogP contribution in [0.3, 0.4) is 0 Å². The summed E-state index contributed by atoms with van der Waals surface area (Å²) in [7, 11) is 3.30. The van der Waals surface area contributed by atoms with Crippen molar-refractivity contribution in [3.05, 3.63) is 23.8 Å². The van der Waals surface area contributed by atoms with E-state index in [9.17, 15) is 0 Å². The lowest BCUT2D eigenvalue weighted by Crippen LogP contribution is -2.02. The van der Waals surface area contributed by atoms with Crippen LogP contribution in [0.1, 0.15) is 12.0 Å².